The van der Waals surface area contributed by atoms with Crippen molar-refractivity contribution in [3.8, 4) is 28.6 Å². The number of benzene rings is 2. The molecule has 0 fully saturated rings. The molecule has 2 aromatic carbocycles. The number of hydrogen-bond acceptors (Lipinski definition) is 7. The van der Waals surface area contributed by atoms with Crippen LogP contribution in [-0.4, -0.2) is 62.2 Å². The van der Waals surface area contributed by atoms with Crippen LogP contribution in [0.3, 0.4) is 0 Å². The summed E-state index contributed by atoms with van der Waals surface area (Å²) in [5.41, 5.74) is 3.01. The van der Waals surface area contributed by atoms with Crippen molar-refractivity contribution in [2.45, 2.75) is 19.1 Å². The molecule has 34 heavy (non-hydrogen) atoms. The van der Waals surface area contributed by atoms with Crippen molar-refractivity contribution in [1.29, 1.82) is 0 Å². The number of rotatable bonds is 13. The van der Waals surface area contributed by atoms with Crippen molar-refractivity contribution in [3.63, 3.8) is 0 Å². The molecule has 0 radical (unpaired) electrons. The second-order valence-corrected chi connectivity index (χ2v) is 7.32. The van der Waals surface area contributed by atoms with Gasteiger partial charge in [0.05, 0.1) is 32.7 Å². The number of methoxy groups -OCH3 is 3. The van der Waals surface area contributed by atoms with Crippen LogP contribution in [-0.2, 0) is 17.8 Å². The van der Waals surface area contributed by atoms with Gasteiger partial charge in [0.15, 0.2) is 11.5 Å². The topological polar surface area (TPSA) is 97.9 Å². The number of imidazole rings is 1. The van der Waals surface area contributed by atoms with E-state index in [9.17, 15) is 5.11 Å². The molecular weight excluding hydrogens is 481 g/mol. The van der Waals surface area contributed by atoms with Crippen LogP contribution in [0.5, 0.6) is 17.2 Å². The Morgan fingerprint density at radius 2 is 1.74 bits per heavy atom. The Hall–Kier alpha value is -2.49. The molecule has 3 aromatic rings. The van der Waals surface area contributed by atoms with Gasteiger partial charge in [-0.1, -0.05) is 6.07 Å². The SMILES string of the molecule is COCc1cnc(-c2ccc(OCC(O)CNCCc3ccc(OC)c(OC)c3)cc2)[nH]1.Cl.Cl. The molecule has 3 rings (SSSR count). The number of nitrogens with zero attached hydrogens (tertiary/aromatic N) is 1. The van der Waals surface area contributed by atoms with E-state index in [4.69, 9.17) is 18.9 Å². The Labute approximate surface area is 212 Å². The van der Waals surface area contributed by atoms with E-state index in [-0.39, 0.29) is 31.4 Å². The Morgan fingerprint density at radius 3 is 2.41 bits per heavy atom. The Morgan fingerprint density at radius 1 is 1.00 bits per heavy atom. The number of aliphatic hydroxyl groups is 1. The van der Waals surface area contributed by atoms with Crippen LogP contribution in [0.1, 0.15) is 11.3 Å². The average molecular weight is 514 g/mol. The van der Waals surface area contributed by atoms with E-state index in [1.54, 1.807) is 27.5 Å². The molecule has 10 heteroatoms. The lowest BCUT2D eigenvalue weighted by Crippen LogP contribution is -2.32. The number of aromatic nitrogens is 2. The predicted molar refractivity (Wildman–Crippen MR) is 137 cm³/mol. The number of nitrogens with one attached hydrogen (secondary N) is 2. The number of aromatic amines is 1. The Kier molecular flexibility index (Phi) is 13.4. The minimum atomic E-state index is -0.609. The maximum atomic E-state index is 10.2. The summed E-state index contributed by atoms with van der Waals surface area (Å²) in [7, 11) is 4.89. The lowest BCUT2D eigenvalue weighted by Gasteiger charge is -2.14. The zero-order valence-corrected chi connectivity index (χ0v) is 21.2. The van der Waals surface area contributed by atoms with Crippen LogP contribution in [0.15, 0.2) is 48.7 Å². The maximum absolute atomic E-state index is 10.2. The third-order valence-corrected chi connectivity index (χ3v) is 4.92. The van der Waals surface area contributed by atoms with Crippen molar-refractivity contribution < 1.29 is 24.1 Å². The molecule has 0 bridgehead atoms. The summed E-state index contributed by atoms with van der Waals surface area (Å²) in [6.07, 6.45) is 1.97. The summed E-state index contributed by atoms with van der Waals surface area (Å²) >= 11 is 0. The Bertz CT molecular complexity index is 969. The van der Waals surface area contributed by atoms with E-state index >= 15 is 0 Å². The number of ether oxygens (including phenoxy) is 4. The van der Waals surface area contributed by atoms with Gasteiger partial charge in [-0.15, -0.1) is 24.8 Å². The molecule has 0 aliphatic carbocycles. The fourth-order valence-electron chi connectivity index (χ4n) is 3.23. The van der Waals surface area contributed by atoms with E-state index in [1.807, 2.05) is 42.5 Å². The molecule has 1 atom stereocenters. The van der Waals surface area contributed by atoms with E-state index in [2.05, 4.69) is 15.3 Å². The molecule has 0 spiro atoms. The molecule has 0 saturated carbocycles. The first-order valence-electron chi connectivity index (χ1n) is 10.5. The fraction of sp³-hybridized carbons (Fsp3) is 0.375. The summed E-state index contributed by atoms with van der Waals surface area (Å²) in [5, 5.41) is 13.4. The summed E-state index contributed by atoms with van der Waals surface area (Å²) in [6, 6.07) is 13.5. The average Bonchev–Trinajstić information content (AvgIpc) is 3.29. The van der Waals surface area contributed by atoms with Gasteiger partial charge in [-0.05, 0) is 54.9 Å². The van der Waals surface area contributed by atoms with Gasteiger partial charge in [0.2, 0.25) is 0 Å². The highest BCUT2D eigenvalue weighted by Crippen LogP contribution is 2.27. The monoisotopic (exact) mass is 513 g/mol. The first kappa shape index (κ1) is 29.5. The summed E-state index contributed by atoms with van der Waals surface area (Å²) in [6.45, 7) is 1.88. The molecule has 1 unspecified atom stereocenters. The number of halogens is 2. The van der Waals surface area contributed by atoms with Crippen LogP contribution in [0.2, 0.25) is 0 Å². The van der Waals surface area contributed by atoms with E-state index in [1.165, 1.54) is 0 Å². The lowest BCUT2D eigenvalue weighted by molar-refractivity contribution is 0.106. The van der Waals surface area contributed by atoms with Crippen LogP contribution < -0.4 is 19.5 Å². The molecule has 1 aromatic heterocycles. The van der Waals surface area contributed by atoms with Crippen LogP contribution in [0.25, 0.3) is 11.4 Å². The third kappa shape index (κ3) is 8.70. The fourth-order valence-corrected chi connectivity index (χ4v) is 3.23. The van der Waals surface area contributed by atoms with Crippen molar-refractivity contribution in [2.75, 3.05) is 41.0 Å². The summed E-state index contributed by atoms with van der Waals surface area (Å²) < 4.78 is 21.4. The van der Waals surface area contributed by atoms with E-state index < -0.39 is 6.10 Å². The molecule has 0 amide bonds. The highest BCUT2D eigenvalue weighted by Gasteiger charge is 2.08. The minimum Gasteiger partial charge on any atom is -0.493 e. The van der Waals surface area contributed by atoms with Crippen molar-refractivity contribution in [3.05, 3.63) is 59.9 Å². The largest absolute Gasteiger partial charge is 0.493 e. The second kappa shape index (κ2) is 15.4. The third-order valence-electron chi connectivity index (χ3n) is 4.92. The van der Waals surface area contributed by atoms with Gasteiger partial charge < -0.3 is 34.4 Å². The predicted octanol–water partition coefficient (Wildman–Crippen LogP) is 3.66. The molecule has 0 aliphatic rings. The van der Waals surface area contributed by atoms with Crippen LogP contribution in [0, 0.1) is 0 Å². The first-order valence-corrected chi connectivity index (χ1v) is 10.5. The van der Waals surface area contributed by atoms with Gasteiger partial charge in [-0.25, -0.2) is 4.98 Å². The quantitative estimate of drug-likeness (QED) is 0.300. The lowest BCUT2D eigenvalue weighted by atomic mass is 10.1. The standard InChI is InChI=1S/C24H31N3O5.2ClH/c1-29-15-19-13-26-24(27-19)18-5-7-21(8-6-18)32-16-20(28)14-25-11-10-17-4-9-22(30-2)23(12-17)31-3;;/h4-9,12-13,20,25,28H,10-11,14-16H2,1-3H3,(H,26,27);2*1H. The Balaban J connectivity index is 0.00000289. The van der Waals surface area contributed by atoms with Gasteiger partial charge >= 0.3 is 0 Å². The van der Waals surface area contributed by atoms with Gasteiger partial charge in [-0.3, -0.25) is 0 Å². The normalized spacial score (nSPS) is 11.2. The number of hydrogen-bond donors (Lipinski definition) is 3. The number of aliphatic hydroxyl groups excluding tert-OH is 1. The van der Waals surface area contributed by atoms with Gasteiger partial charge in [0, 0.05) is 19.2 Å². The molecule has 1 heterocycles. The maximum Gasteiger partial charge on any atom is 0.160 e. The zero-order valence-electron chi connectivity index (χ0n) is 19.6. The highest BCUT2D eigenvalue weighted by molar-refractivity contribution is 5.85. The molecule has 0 saturated heterocycles. The summed E-state index contributed by atoms with van der Waals surface area (Å²) in [5.74, 6) is 2.90. The zero-order chi connectivity index (χ0) is 22.8. The first-order chi connectivity index (χ1) is 15.6. The minimum absolute atomic E-state index is 0. The van der Waals surface area contributed by atoms with E-state index in [0.717, 1.165) is 35.6 Å². The van der Waals surface area contributed by atoms with Crippen molar-refractivity contribution in [1.82, 2.24) is 15.3 Å². The van der Waals surface area contributed by atoms with E-state index in [0.29, 0.717) is 30.4 Å². The van der Waals surface area contributed by atoms with Crippen molar-refractivity contribution in [2.24, 2.45) is 0 Å². The molecular formula is C24H33Cl2N3O5. The second-order valence-electron chi connectivity index (χ2n) is 7.32. The van der Waals surface area contributed by atoms with Gasteiger partial charge in [0.1, 0.15) is 24.3 Å². The molecule has 188 valence electrons. The number of H-pyrrole nitrogens is 1. The van der Waals surface area contributed by atoms with Crippen LogP contribution in [0.4, 0.5) is 0 Å². The van der Waals surface area contributed by atoms with Crippen LogP contribution >= 0.6 is 24.8 Å². The molecule has 0 aliphatic heterocycles. The van der Waals surface area contributed by atoms with Gasteiger partial charge in [0.25, 0.3) is 0 Å². The molecule has 8 nitrogen and oxygen atoms in total. The van der Waals surface area contributed by atoms with Crippen molar-refractivity contribution >= 4 is 24.8 Å². The highest BCUT2D eigenvalue weighted by atomic mass is 35.5. The van der Waals surface area contributed by atoms with Gasteiger partial charge in [-0.2, -0.15) is 0 Å². The molecule has 3 N–H and O–H groups in total. The smallest absolute Gasteiger partial charge is 0.160 e. The summed E-state index contributed by atoms with van der Waals surface area (Å²) in [4.78, 5) is 7.57.